The van der Waals surface area contributed by atoms with E-state index in [0.717, 1.165) is 6.04 Å². The van der Waals surface area contributed by atoms with E-state index in [1.807, 2.05) is 0 Å². The molecule has 1 aliphatic rings. The summed E-state index contributed by atoms with van der Waals surface area (Å²) in [7, 11) is 0. The van der Waals surface area contributed by atoms with Crippen LogP contribution in [0.25, 0.3) is 0 Å². The van der Waals surface area contributed by atoms with Crippen molar-refractivity contribution < 1.29 is 5.32 Å². The van der Waals surface area contributed by atoms with Gasteiger partial charge in [-0.1, -0.05) is 24.3 Å². The third kappa shape index (κ3) is 1.92. The van der Waals surface area contributed by atoms with Gasteiger partial charge in [0.1, 0.15) is 6.04 Å². The van der Waals surface area contributed by atoms with Gasteiger partial charge in [-0.15, -0.1) is 0 Å². The maximum atomic E-state index is 2.49. The zero-order valence-electron chi connectivity index (χ0n) is 8.29. The molecule has 1 aromatic rings. The molecule has 1 fully saturated rings. The maximum Gasteiger partial charge on any atom is 0.112 e. The standard InChI is InChI=1S/C12H17N/c1-10-6-2-3-7-11(10)12-8-4-5-9-13-12/h2-3,6-7,12-13H,4-5,8-9H2,1H3/p+1/t12-/m1/s1. The zero-order chi connectivity index (χ0) is 9.10. The molecule has 2 N–H and O–H groups in total. The third-order valence-corrected chi connectivity index (χ3v) is 3.01. The van der Waals surface area contributed by atoms with Crippen molar-refractivity contribution in [3.8, 4) is 0 Å². The highest BCUT2D eigenvalue weighted by atomic mass is 14.9. The first-order valence-corrected chi connectivity index (χ1v) is 5.27. The summed E-state index contributed by atoms with van der Waals surface area (Å²) in [6.07, 6.45) is 4.14. The van der Waals surface area contributed by atoms with Gasteiger partial charge in [-0.05, 0) is 25.3 Å². The number of quaternary nitrogens is 1. The van der Waals surface area contributed by atoms with Crippen molar-refractivity contribution in [2.24, 2.45) is 0 Å². The highest BCUT2D eigenvalue weighted by Gasteiger charge is 2.19. The van der Waals surface area contributed by atoms with Gasteiger partial charge in [0.2, 0.25) is 0 Å². The van der Waals surface area contributed by atoms with Crippen LogP contribution in [0.3, 0.4) is 0 Å². The molecule has 1 aliphatic heterocycles. The number of benzene rings is 1. The summed E-state index contributed by atoms with van der Waals surface area (Å²) in [5.41, 5.74) is 2.99. The van der Waals surface area contributed by atoms with Gasteiger partial charge >= 0.3 is 0 Å². The second-order valence-corrected chi connectivity index (χ2v) is 3.98. The lowest BCUT2D eigenvalue weighted by molar-refractivity contribution is -0.704. The normalized spacial score (nSPS) is 23.0. The van der Waals surface area contributed by atoms with Crippen LogP contribution in [0, 0.1) is 6.92 Å². The van der Waals surface area contributed by atoms with Crippen LogP contribution < -0.4 is 5.32 Å². The highest BCUT2D eigenvalue weighted by molar-refractivity contribution is 5.27. The lowest BCUT2D eigenvalue weighted by Gasteiger charge is -2.21. The SMILES string of the molecule is Cc1ccccc1[C@H]1CCCC[NH2+]1. The Morgan fingerprint density at radius 1 is 1.23 bits per heavy atom. The van der Waals surface area contributed by atoms with Gasteiger partial charge in [-0.3, -0.25) is 0 Å². The second-order valence-electron chi connectivity index (χ2n) is 3.98. The number of piperidine rings is 1. The molecule has 1 saturated heterocycles. The van der Waals surface area contributed by atoms with E-state index in [1.54, 1.807) is 5.56 Å². The minimum atomic E-state index is 0.731. The van der Waals surface area contributed by atoms with E-state index in [4.69, 9.17) is 0 Å². The predicted molar refractivity (Wildman–Crippen MR) is 54.6 cm³/mol. The number of hydrogen-bond donors (Lipinski definition) is 1. The third-order valence-electron chi connectivity index (χ3n) is 3.01. The summed E-state index contributed by atoms with van der Waals surface area (Å²) < 4.78 is 0. The van der Waals surface area contributed by atoms with E-state index in [1.165, 1.54) is 31.4 Å². The Morgan fingerprint density at radius 3 is 2.77 bits per heavy atom. The van der Waals surface area contributed by atoms with Gasteiger partial charge in [-0.25, -0.2) is 0 Å². The first-order chi connectivity index (χ1) is 6.38. The molecular formula is C12H18N+. The molecule has 1 heterocycles. The number of hydrogen-bond acceptors (Lipinski definition) is 0. The van der Waals surface area contributed by atoms with Gasteiger partial charge < -0.3 is 5.32 Å². The smallest absolute Gasteiger partial charge is 0.112 e. The molecule has 2 rings (SSSR count). The van der Waals surface area contributed by atoms with Crippen molar-refractivity contribution in [1.29, 1.82) is 0 Å². The molecule has 70 valence electrons. The van der Waals surface area contributed by atoms with Gasteiger partial charge in [0, 0.05) is 12.0 Å². The van der Waals surface area contributed by atoms with E-state index in [-0.39, 0.29) is 0 Å². The molecule has 0 amide bonds. The van der Waals surface area contributed by atoms with Crippen molar-refractivity contribution in [2.45, 2.75) is 32.2 Å². The molecule has 0 spiro atoms. The fourth-order valence-corrected chi connectivity index (χ4v) is 2.23. The Kier molecular flexibility index (Phi) is 2.65. The van der Waals surface area contributed by atoms with Crippen molar-refractivity contribution in [3.05, 3.63) is 35.4 Å². The van der Waals surface area contributed by atoms with E-state index in [0.29, 0.717) is 0 Å². The Hall–Kier alpha value is -0.820. The van der Waals surface area contributed by atoms with E-state index < -0.39 is 0 Å². The number of nitrogens with two attached hydrogens (primary N) is 1. The summed E-state index contributed by atoms with van der Waals surface area (Å²) in [6, 6.07) is 9.52. The highest BCUT2D eigenvalue weighted by Crippen LogP contribution is 2.20. The summed E-state index contributed by atoms with van der Waals surface area (Å²) in [5.74, 6) is 0. The van der Waals surface area contributed by atoms with E-state index in [9.17, 15) is 0 Å². The van der Waals surface area contributed by atoms with Crippen LogP contribution in [0.1, 0.15) is 36.4 Å². The molecule has 0 unspecified atom stereocenters. The molecule has 0 saturated carbocycles. The molecule has 0 radical (unpaired) electrons. The number of rotatable bonds is 1. The van der Waals surface area contributed by atoms with Gasteiger partial charge in [-0.2, -0.15) is 0 Å². The Labute approximate surface area is 80.2 Å². The quantitative estimate of drug-likeness (QED) is 0.672. The van der Waals surface area contributed by atoms with Crippen LogP contribution in [-0.4, -0.2) is 6.54 Å². The van der Waals surface area contributed by atoms with Crippen LogP contribution >= 0.6 is 0 Å². The van der Waals surface area contributed by atoms with Crippen molar-refractivity contribution in [3.63, 3.8) is 0 Å². The van der Waals surface area contributed by atoms with Crippen LogP contribution in [-0.2, 0) is 0 Å². The van der Waals surface area contributed by atoms with Crippen LogP contribution in [0.2, 0.25) is 0 Å². The fourth-order valence-electron chi connectivity index (χ4n) is 2.23. The first-order valence-electron chi connectivity index (χ1n) is 5.27. The van der Waals surface area contributed by atoms with Gasteiger partial charge in [0.25, 0.3) is 0 Å². The van der Waals surface area contributed by atoms with Crippen molar-refractivity contribution in [1.82, 2.24) is 0 Å². The summed E-state index contributed by atoms with van der Waals surface area (Å²) in [5, 5.41) is 2.49. The Morgan fingerprint density at radius 2 is 2.08 bits per heavy atom. The zero-order valence-corrected chi connectivity index (χ0v) is 8.29. The van der Waals surface area contributed by atoms with Crippen molar-refractivity contribution >= 4 is 0 Å². The molecule has 1 atom stereocenters. The maximum absolute atomic E-state index is 2.49. The monoisotopic (exact) mass is 176 g/mol. The minimum Gasteiger partial charge on any atom is -0.340 e. The lowest BCUT2D eigenvalue weighted by Crippen LogP contribution is -2.86. The Bertz CT molecular complexity index is 274. The summed E-state index contributed by atoms with van der Waals surface area (Å²) in [4.78, 5) is 0. The minimum absolute atomic E-state index is 0.731. The largest absolute Gasteiger partial charge is 0.340 e. The molecular weight excluding hydrogens is 158 g/mol. The fraction of sp³-hybridized carbons (Fsp3) is 0.500. The molecule has 0 bridgehead atoms. The average Bonchev–Trinajstić information content (AvgIpc) is 2.20. The molecule has 0 aromatic heterocycles. The summed E-state index contributed by atoms with van der Waals surface area (Å²) in [6.45, 7) is 3.52. The van der Waals surface area contributed by atoms with E-state index in [2.05, 4.69) is 36.5 Å². The molecule has 0 aliphatic carbocycles. The average molecular weight is 176 g/mol. The molecule has 1 nitrogen and oxygen atoms in total. The van der Waals surface area contributed by atoms with Crippen molar-refractivity contribution in [2.75, 3.05) is 6.54 Å². The van der Waals surface area contributed by atoms with E-state index >= 15 is 0 Å². The second kappa shape index (κ2) is 3.93. The molecule has 1 aromatic carbocycles. The van der Waals surface area contributed by atoms with Crippen LogP contribution in [0.4, 0.5) is 0 Å². The van der Waals surface area contributed by atoms with Crippen LogP contribution in [0.5, 0.6) is 0 Å². The predicted octanol–water partition coefficient (Wildman–Crippen LogP) is 1.78. The van der Waals surface area contributed by atoms with Gasteiger partial charge in [0.15, 0.2) is 0 Å². The molecule has 13 heavy (non-hydrogen) atoms. The topological polar surface area (TPSA) is 16.6 Å². The summed E-state index contributed by atoms with van der Waals surface area (Å²) >= 11 is 0. The molecule has 1 heteroatoms. The van der Waals surface area contributed by atoms with Gasteiger partial charge in [0.05, 0.1) is 6.54 Å². The Balaban J connectivity index is 2.18. The first kappa shape index (κ1) is 8.76. The number of aryl methyl sites for hydroxylation is 1. The lowest BCUT2D eigenvalue weighted by atomic mass is 9.94. The van der Waals surface area contributed by atoms with Crippen LogP contribution in [0.15, 0.2) is 24.3 Å².